The van der Waals surface area contributed by atoms with Crippen molar-refractivity contribution >= 4 is 22.2 Å². The van der Waals surface area contributed by atoms with E-state index in [-0.39, 0.29) is 0 Å². The van der Waals surface area contributed by atoms with Crippen LogP contribution in [-0.2, 0) is 0 Å². The van der Waals surface area contributed by atoms with Crippen molar-refractivity contribution < 1.29 is 0 Å². The van der Waals surface area contributed by atoms with Gasteiger partial charge in [0.15, 0.2) is 5.13 Å². The molecule has 0 spiro atoms. The molecule has 0 saturated carbocycles. The number of hydrogen-bond acceptors (Lipinski definition) is 3. The highest BCUT2D eigenvalue weighted by atomic mass is 32.1. The van der Waals surface area contributed by atoms with Crippen molar-refractivity contribution in [3.63, 3.8) is 0 Å². The van der Waals surface area contributed by atoms with Crippen molar-refractivity contribution in [2.45, 2.75) is 13.8 Å². The third-order valence-electron chi connectivity index (χ3n) is 3.24. The summed E-state index contributed by atoms with van der Waals surface area (Å²) in [5.41, 5.74) is 5.77. The molecule has 20 heavy (non-hydrogen) atoms. The van der Waals surface area contributed by atoms with E-state index < -0.39 is 0 Å². The second kappa shape index (κ2) is 5.47. The molecule has 0 saturated heterocycles. The SMILES string of the molecule is Cc1ccc(-c2csc(Nc3ccccc3C)n2)cc1. The lowest BCUT2D eigenvalue weighted by molar-refractivity contribution is 1.36. The number of nitrogens with one attached hydrogen (secondary N) is 1. The van der Waals surface area contributed by atoms with Gasteiger partial charge in [-0.25, -0.2) is 4.98 Å². The molecule has 1 N–H and O–H groups in total. The fraction of sp³-hybridized carbons (Fsp3) is 0.118. The first-order chi connectivity index (χ1) is 9.72. The maximum absolute atomic E-state index is 4.65. The molecule has 2 nitrogen and oxygen atoms in total. The van der Waals surface area contributed by atoms with E-state index in [0.717, 1.165) is 22.1 Å². The first kappa shape index (κ1) is 12.9. The molecule has 0 radical (unpaired) electrons. The molecular formula is C17H16N2S. The van der Waals surface area contributed by atoms with Gasteiger partial charge in [0.05, 0.1) is 5.69 Å². The molecule has 0 aliphatic heterocycles. The van der Waals surface area contributed by atoms with E-state index >= 15 is 0 Å². The van der Waals surface area contributed by atoms with Gasteiger partial charge in [-0.1, -0.05) is 48.0 Å². The van der Waals surface area contributed by atoms with E-state index in [0.29, 0.717) is 0 Å². The number of benzene rings is 2. The largest absolute Gasteiger partial charge is 0.331 e. The van der Waals surface area contributed by atoms with E-state index in [4.69, 9.17) is 0 Å². The first-order valence-corrected chi connectivity index (χ1v) is 7.45. The summed E-state index contributed by atoms with van der Waals surface area (Å²) < 4.78 is 0. The maximum atomic E-state index is 4.65. The van der Waals surface area contributed by atoms with Crippen LogP contribution < -0.4 is 5.32 Å². The van der Waals surface area contributed by atoms with Gasteiger partial charge in [-0.2, -0.15) is 0 Å². The van der Waals surface area contributed by atoms with Crippen molar-refractivity contribution in [3.8, 4) is 11.3 Å². The standard InChI is InChI=1S/C17H16N2S/c1-12-7-9-14(10-8-12)16-11-20-17(19-16)18-15-6-4-3-5-13(15)2/h3-11H,1-2H3,(H,18,19). The average molecular weight is 280 g/mol. The van der Waals surface area contributed by atoms with Gasteiger partial charge < -0.3 is 5.32 Å². The maximum Gasteiger partial charge on any atom is 0.187 e. The van der Waals surface area contributed by atoms with E-state index in [1.807, 2.05) is 12.1 Å². The smallest absolute Gasteiger partial charge is 0.187 e. The lowest BCUT2D eigenvalue weighted by Crippen LogP contribution is -1.91. The fourth-order valence-electron chi connectivity index (χ4n) is 2.02. The van der Waals surface area contributed by atoms with Crippen LogP contribution in [0.1, 0.15) is 11.1 Å². The Morgan fingerprint density at radius 2 is 1.70 bits per heavy atom. The number of nitrogens with zero attached hydrogens (tertiary/aromatic N) is 1. The highest BCUT2D eigenvalue weighted by Gasteiger charge is 2.05. The first-order valence-electron chi connectivity index (χ1n) is 6.57. The number of anilines is 2. The number of aryl methyl sites for hydroxylation is 2. The highest BCUT2D eigenvalue weighted by molar-refractivity contribution is 7.14. The Hall–Kier alpha value is -2.13. The number of hydrogen-bond donors (Lipinski definition) is 1. The Morgan fingerprint density at radius 1 is 0.950 bits per heavy atom. The summed E-state index contributed by atoms with van der Waals surface area (Å²) in [5.74, 6) is 0. The highest BCUT2D eigenvalue weighted by Crippen LogP contribution is 2.28. The molecule has 3 heteroatoms. The predicted octanol–water partition coefficient (Wildman–Crippen LogP) is 5.17. The zero-order valence-electron chi connectivity index (χ0n) is 11.6. The van der Waals surface area contributed by atoms with Gasteiger partial charge >= 0.3 is 0 Å². The Balaban J connectivity index is 1.84. The van der Waals surface area contributed by atoms with Gasteiger partial charge in [-0.05, 0) is 25.5 Å². The van der Waals surface area contributed by atoms with Crippen molar-refractivity contribution in [3.05, 3.63) is 65.0 Å². The van der Waals surface area contributed by atoms with E-state index in [2.05, 4.69) is 65.9 Å². The summed E-state index contributed by atoms with van der Waals surface area (Å²) >= 11 is 1.63. The zero-order valence-corrected chi connectivity index (χ0v) is 12.4. The molecule has 0 aliphatic rings. The predicted molar refractivity (Wildman–Crippen MR) is 86.7 cm³/mol. The third kappa shape index (κ3) is 2.73. The number of aromatic nitrogens is 1. The molecule has 0 fully saturated rings. The van der Waals surface area contributed by atoms with Gasteiger partial charge in [-0.3, -0.25) is 0 Å². The van der Waals surface area contributed by atoms with Gasteiger partial charge in [0.2, 0.25) is 0 Å². The topological polar surface area (TPSA) is 24.9 Å². The number of para-hydroxylation sites is 1. The van der Waals surface area contributed by atoms with Crippen LogP contribution in [0.3, 0.4) is 0 Å². The quantitative estimate of drug-likeness (QED) is 0.716. The Kier molecular flexibility index (Phi) is 3.52. The second-order valence-electron chi connectivity index (χ2n) is 4.84. The molecule has 3 rings (SSSR count). The number of rotatable bonds is 3. The van der Waals surface area contributed by atoms with E-state index in [9.17, 15) is 0 Å². The summed E-state index contributed by atoms with van der Waals surface area (Å²) in [6.07, 6.45) is 0. The summed E-state index contributed by atoms with van der Waals surface area (Å²) in [4.78, 5) is 4.65. The minimum Gasteiger partial charge on any atom is -0.331 e. The van der Waals surface area contributed by atoms with Crippen LogP contribution in [-0.4, -0.2) is 4.98 Å². The Labute approximate surface area is 123 Å². The van der Waals surface area contributed by atoms with Crippen LogP contribution in [0.4, 0.5) is 10.8 Å². The van der Waals surface area contributed by atoms with Gasteiger partial charge in [0, 0.05) is 16.6 Å². The summed E-state index contributed by atoms with van der Waals surface area (Å²) in [7, 11) is 0. The zero-order chi connectivity index (χ0) is 13.9. The minimum absolute atomic E-state index is 0.926. The lowest BCUT2D eigenvalue weighted by atomic mass is 10.1. The van der Waals surface area contributed by atoms with Crippen molar-refractivity contribution in [2.24, 2.45) is 0 Å². The Bertz CT molecular complexity index is 714. The monoisotopic (exact) mass is 280 g/mol. The average Bonchev–Trinajstić information content (AvgIpc) is 2.91. The fourth-order valence-corrected chi connectivity index (χ4v) is 2.75. The summed E-state index contributed by atoms with van der Waals surface area (Å²) in [6.45, 7) is 4.19. The molecule has 0 bridgehead atoms. The van der Waals surface area contributed by atoms with Gasteiger partial charge in [0.1, 0.15) is 0 Å². The summed E-state index contributed by atoms with van der Waals surface area (Å²) in [6, 6.07) is 16.7. The lowest BCUT2D eigenvalue weighted by Gasteiger charge is -2.05. The van der Waals surface area contributed by atoms with E-state index in [1.54, 1.807) is 11.3 Å². The van der Waals surface area contributed by atoms with Crippen LogP contribution in [0.15, 0.2) is 53.9 Å². The number of thiazole rings is 1. The molecule has 100 valence electrons. The normalized spacial score (nSPS) is 10.5. The minimum atomic E-state index is 0.926. The molecular weight excluding hydrogens is 264 g/mol. The Morgan fingerprint density at radius 3 is 2.45 bits per heavy atom. The third-order valence-corrected chi connectivity index (χ3v) is 4.00. The van der Waals surface area contributed by atoms with Crippen LogP contribution in [0, 0.1) is 13.8 Å². The second-order valence-corrected chi connectivity index (χ2v) is 5.70. The van der Waals surface area contributed by atoms with Crippen LogP contribution in [0.5, 0.6) is 0 Å². The molecule has 1 heterocycles. The summed E-state index contributed by atoms with van der Waals surface area (Å²) in [5, 5.41) is 6.40. The van der Waals surface area contributed by atoms with Crippen molar-refractivity contribution in [1.29, 1.82) is 0 Å². The molecule has 0 unspecified atom stereocenters. The van der Waals surface area contributed by atoms with Crippen LogP contribution >= 0.6 is 11.3 Å². The molecule has 3 aromatic rings. The molecule has 0 aliphatic carbocycles. The van der Waals surface area contributed by atoms with Gasteiger partial charge in [-0.15, -0.1) is 11.3 Å². The van der Waals surface area contributed by atoms with E-state index in [1.165, 1.54) is 11.1 Å². The molecule has 0 amide bonds. The van der Waals surface area contributed by atoms with Crippen LogP contribution in [0.2, 0.25) is 0 Å². The van der Waals surface area contributed by atoms with Crippen LogP contribution in [0.25, 0.3) is 11.3 Å². The van der Waals surface area contributed by atoms with Gasteiger partial charge in [0.25, 0.3) is 0 Å². The molecule has 2 aromatic carbocycles. The molecule has 1 aromatic heterocycles. The van der Waals surface area contributed by atoms with Crippen molar-refractivity contribution in [1.82, 2.24) is 4.98 Å². The molecule has 0 atom stereocenters. The van der Waals surface area contributed by atoms with Crippen molar-refractivity contribution in [2.75, 3.05) is 5.32 Å².